The van der Waals surface area contributed by atoms with Gasteiger partial charge in [-0.05, 0) is 12.1 Å². The number of aromatic nitrogens is 1. The predicted molar refractivity (Wildman–Crippen MR) is 70.0 cm³/mol. The van der Waals surface area contributed by atoms with Gasteiger partial charge in [0.15, 0.2) is 6.29 Å². The minimum absolute atomic E-state index is 0.606. The molecule has 0 atom stereocenters. The largest absolute Gasteiger partial charge is 0.382 e. The van der Waals surface area contributed by atoms with Gasteiger partial charge in [0.25, 0.3) is 0 Å². The fourth-order valence-electron chi connectivity index (χ4n) is 1.95. The topological polar surface area (TPSA) is 40.5 Å². The van der Waals surface area contributed by atoms with Crippen molar-refractivity contribution >= 4 is 17.2 Å². The third kappa shape index (κ3) is 2.78. The van der Waals surface area contributed by atoms with Gasteiger partial charge in [-0.2, -0.15) is 0 Å². The van der Waals surface area contributed by atoms with Gasteiger partial charge in [-0.25, -0.2) is 0 Å². The highest BCUT2D eigenvalue weighted by Crippen LogP contribution is 2.18. The van der Waals surface area contributed by atoms with Crippen LogP contribution in [0.2, 0.25) is 0 Å². The summed E-state index contributed by atoms with van der Waals surface area (Å²) in [6, 6.07) is 7.70. The zero-order chi connectivity index (χ0) is 12.8. The number of benzene rings is 1. The first-order valence-corrected chi connectivity index (χ1v) is 5.96. The second-order valence-electron chi connectivity index (χ2n) is 4.01. The van der Waals surface area contributed by atoms with Gasteiger partial charge in [0.1, 0.15) is 0 Å². The summed E-state index contributed by atoms with van der Waals surface area (Å²) in [7, 11) is 1.66. The number of methoxy groups -OCH3 is 1. The molecule has 0 bridgehead atoms. The van der Waals surface area contributed by atoms with Gasteiger partial charge in [0, 0.05) is 36.3 Å². The normalized spacial score (nSPS) is 10.9. The summed E-state index contributed by atoms with van der Waals surface area (Å²) >= 11 is 0. The number of ether oxygens (including phenoxy) is 2. The lowest BCUT2D eigenvalue weighted by atomic mass is 10.1. The molecule has 4 heteroatoms. The van der Waals surface area contributed by atoms with Gasteiger partial charge in [-0.1, -0.05) is 12.1 Å². The van der Waals surface area contributed by atoms with Gasteiger partial charge in [0.05, 0.1) is 19.8 Å². The zero-order valence-corrected chi connectivity index (χ0v) is 10.5. The van der Waals surface area contributed by atoms with Crippen LogP contribution in [0.15, 0.2) is 30.5 Å². The Morgan fingerprint density at radius 3 is 2.89 bits per heavy atom. The molecule has 96 valence electrons. The van der Waals surface area contributed by atoms with Crippen molar-refractivity contribution in [2.45, 2.75) is 6.54 Å². The highest BCUT2D eigenvalue weighted by molar-refractivity contribution is 5.97. The quantitative estimate of drug-likeness (QED) is 0.556. The van der Waals surface area contributed by atoms with Gasteiger partial charge >= 0.3 is 0 Å². The molecule has 0 aliphatic rings. The second-order valence-corrected chi connectivity index (χ2v) is 4.01. The number of hydrogen-bond donors (Lipinski definition) is 0. The van der Waals surface area contributed by atoms with Crippen LogP contribution in [-0.4, -0.2) is 37.8 Å². The predicted octanol–water partition coefficient (Wildman–Crippen LogP) is 2.12. The maximum Gasteiger partial charge on any atom is 0.150 e. The fourth-order valence-corrected chi connectivity index (χ4v) is 1.95. The maximum absolute atomic E-state index is 10.9. The van der Waals surface area contributed by atoms with Crippen molar-refractivity contribution in [1.29, 1.82) is 0 Å². The van der Waals surface area contributed by atoms with E-state index in [1.807, 2.05) is 30.5 Å². The van der Waals surface area contributed by atoms with Crippen LogP contribution in [0.5, 0.6) is 0 Å². The summed E-state index contributed by atoms with van der Waals surface area (Å²) in [6.45, 7) is 2.63. The van der Waals surface area contributed by atoms with Crippen LogP contribution in [0, 0.1) is 0 Å². The molecule has 1 heterocycles. The number of rotatable bonds is 7. The van der Waals surface area contributed by atoms with Crippen molar-refractivity contribution in [2.75, 3.05) is 26.9 Å². The highest BCUT2D eigenvalue weighted by Gasteiger charge is 2.04. The first-order chi connectivity index (χ1) is 8.86. The number of nitrogens with zero attached hydrogens (tertiary/aromatic N) is 1. The smallest absolute Gasteiger partial charge is 0.150 e. The molecule has 0 fully saturated rings. The summed E-state index contributed by atoms with van der Waals surface area (Å²) in [5.41, 5.74) is 1.79. The Labute approximate surface area is 106 Å². The van der Waals surface area contributed by atoms with Gasteiger partial charge in [0.2, 0.25) is 0 Å². The van der Waals surface area contributed by atoms with Crippen LogP contribution in [0.1, 0.15) is 10.4 Å². The monoisotopic (exact) mass is 247 g/mol. The lowest BCUT2D eigenvalue weighted by molar-refractivity contribution is 0.0670. The van der Waals surface area contributed by atoms with E-state index in [2.05, 4.69) is 4.57 Å². The van der Waals surface area contributed by atoms with E-state index >= 15 is 0 Å². The van der Waals surface area contributed by atoms with Crippen LogP contribution in [0.4, 0.5) is 0 Å². The lowest BCUT2D eigenvalue weighted by Gasteiger charge is -2.06. The minimum Gasteiger partial charge on any atom is -0.382 e. The van der Waals surface area contributed by atoms with Crippen molar-refractivity contribution in [3.05, 3.63) is 36.0 Å². The number of carbonyl (C=O) groups excluding carboxylic acids is 1. The molecule has 0 aliphatic heterocycles. The Balaban J connectivity index is 2.03. The van der Waals surface area contributed by atoms with Crippen LogP contribution in [-0.2, 0) is 16.0 Å². The fraction of sp³-hybridized carbons (Fsp3) is 0.357. The minimum atomic E-state index is 0.606. The zero-order valence-electron chi connectivity index (χ0n) is 10.5. The van der Waals surface area contributed by atoms with E-state index in [0.717, 1.165) is 29.3 Å². The van der Waals surface area contributed by atoms with Crippen molar-refractivity contribution in [3.63, 3.8) is 0 Å². The van der Waals surface area contributed by atoms with Crippen LogP contribution in [0.25, 0.3) is 10.9 Å². The molecule has 2 aromatic rings. The molecule has 1 aromatic carbocycles. The van der Waals surface area contributed by atoms with Crippen molar-refractivity contribution < 1.29 is 14.3 Å². The molecule has 0 saturated carbocycles. The number of hydrogen-bond acceptors (Lipinski definition) is 3. The summed E-state index contributed by atoms with van der Waals surface area (Å²) in [5.74, 6) is 0. The third-order valence-electron chi connectivity index (χ3n) is 2.88. The number of aldehydes is 1. The molecule has 0 radical (unpaired) electrons. The van der Waals surface area contributed by atoms with Crippen LogP contribution in [0.3, 0.4) is 0 Å². The average Bonchev–Trinajstić information content (AvgIpc) is 2.82. The number of carbonyl (C=O) groups is 1. The van der Waals surface area contributed by atoms with E-state index < -0.39 is 0 Å². The average molecular weight is 247 g/mol. The molecule has 0 aliphatic carbocycles. The van der Waals surface area contributed by atoms with Gasteiger partial charge < -0.3 is 14.0 Å². The van der Waals surface area contributed by atoms with Crippen molar-refractivity contribution in [1.82, 2.24) is 4.57 Å². The molecule has 2 rings (SSSR count). The van der Waals surface area contributed by atoms with E-state index in [0.29, 0.717) is 19.8 Å². The molecule has 0 N–H and O–H groups in total. The molecular weight excluding hydrogens is 230 g/mol. The lowest BCUT2D eigenvalue weighted by Crippen LogP contribution is -2.08. The number of fused-ring (bicyclic) bond motifs is 1. The first kappa shape index (κ1) is 12.8. The molecule has 0 saturated heterocycles. The molecule has 4 nitrogen and oxygen atoms in total. The third-order valence-corrected chi connectivity index (χ3v) is 2.88. The summed E-state index contributed by atoms with van der Waals surface area (Å²) in [5, 5.41) is 0.990. The van der Waals surface area contributed by atoms with E-state index in [1.54, 1.807) is 7.11 Å². The molecular formula is C14H17NO3. The van der Waals surface area contributed by atoms with E-state index in [1.165, 1.54) is 0 Å². The Morgan fingerprint density at radius 2 is 2.11 bits per heavy atom. The SMILES string of the molecule is COCCOCCn1ccc2c(C=O)cccc21. The maximum atomic E-state index is 10.9. The van der Waals surface area contributed by atoms with Gasteiger partial charge in [-0.15, -0.1) is 0 Å². The standard InChI is InChI=1S/C14H17NO3/c1-17-9-10-18-8-7-15-6-5-13-12(11-16)3-2-4-14(13)15/h2-6,11H,7-10H2,1H3. The van der Waals surface area contributed by atoms with E-state index in [-0.39, 0.29) is 0 Å². The van der Waals surface area contributed by atoms with Gasteiger partial charge in [-0.3, -0.25) is 4.79 Å². The van der Waals surface area contributed by atoms with Crippen LogP contribution < -0.4 is 0 Å². The van der Waals surface area contributed by atoms with Crippen molar-refractivity contribution in [3.8, 4) is 0 Å². The Bertz CT molecular complexity index is 519. The molecule has 0 spiro atoms. The Morgan fingerprint density at radius 1 is 1.22 bits per heavy atom. The van der Waals surface area contributed by atoms with Crippen LogP contribution >= 0.6 is 0 Å². The summed E-state index contributed by atoms with van der Waals surface area (Å²) < 4.78 is 12.4. The first-order valence-electron chi connectivity index (χ1n) is 5.96. The molecule has 1 aromatic heterocycles. The summed E-state index contributed by atoms with van der Waals surface area (Å²) in [4.78, 5) is 10.9. The molecule has 18 heavy (non-hydrogen) atoms. The Hall–Kier alpha value is -1.65. The van der Waals surface area contributed by atoms with E-state index in [4.69, 9.17) is 9.47 Å². The Kier molecular flexibility index (Phi) is 4.50. The summed E-state index contributed by atoms with van der Waals surface area (Å²) in [6.07, 6.45) is 2.87. The van der Waals surface area contributed by atoms with Crippen molar-refractivity contribution in [2.24, 2.45) is 0 Å². The molecule has 0 unspecified atom stereocenters. The highest BCUT2D eigenvalue weighted by atomic mass is 16.5. The van der Waals surface area contributed by atoms with E-state index in [9.17, 15) is 4.79 Å². The second kappa shape index (κ2) is 6.33. The molecule has 0 amide bonds.